The lowest BCUT2D eigenvalue weighted by molar-refractivity contribution is -0.140. The number of ether oxygens (including phenoxy) is 3. The lowest BCUT2D eigenvalue weighted by atomic mass is 9.95. The molecule has 2 aromatic rings. The molecule has 1 fully saturated rings. The minimum Gasteiger partial charge on any atom is -0.507 e. The first kappa shape index (κ1) is 26.0. The number of Topliss-reactive ketones (excluding diaryl/α,β-unsaturated/α-hetero) is 1. The van der Waals surface area contributed by atoms with Gasteiger partial charge in [-0.25, -0.2) is 0 Å². The van der Waals surface area contributed by atoms with Gasteiger partial charge in [0.15, 0.2) is 0 Å². The van der Waals surface area contributed by atoms with Crippen LogP contribution in [-0.2, 0) is 19.1 Å². The van der Waals surface area contributed by atoms with E-state index in [1.165, 1.54) is 18.9 Å². The van der Waals surface area contributed by atoms with E-state index in [4.69, 9.17) is 14.2 Å². The summed E-state index contributed by atoms with van der Waals surface area (Å²) in [6.45, 7) is 4.36. The number of benzene rings is 2. The Morgan fingerprint density at radius 3 is 2.43 bits per heavy atom. The number of hydrogen-bond acceptors (Lipinski definition) is 7. The minimum absolute atomic E-state index is 0.0392. The smallest absolute Gasteiger partial charge is 0.308 e. The number of ketones is 1. The molecule has 1 saturated heterocycles. The summed E-state index contributed by atoms with van der Waals surface area (Å²) in [5, 5.41) is 11.2. The molecule has 0 spiro atoms. The second-order valence-electron chi connectivity index (χ2n) is 8.23. The summed E-state index contributed by atoms with van der Waals surface area (Å²) < 4.78 is 16.0. The Morgan fingerprint density at radius 1 is 1.03 bits per heavy atom. The number of esters is 1. The molecule has 0 saturated carbocycles. The number of nitrogens with zero attached hydrogens (tertiary/aromatic N) is 1. The second kappa shape index (κ2) is 12.2. The molecule has 1 unspecified atom stereocenters. The highest BCUT2D eigenvalue weighted by molar-refractivity contribution is 6.46. The Hall–Kier alpha value is -3.65. The zero-order valence-electron chi connectivity index (χ0n) is 20.3. The number of carbonyl (C=O) groups excluding carboxylic acids is 3. The topological polar surface area (TPSA) is 102 Å². The molecule has 1 N–H and O–H groups in total. The van der Waals surface area contributed by atoms with Crippen molar-refractivity contribution in [3.63, 3.8) is 0 Å². The number of carbonyl (C=O) groups is 3. The van der Waals surface area contributed by atoms with Gasteiger partial charge in [0.05, 0.1) is 24.8 Å². The molecule has 1 heterocycles. The van der Waals surface area contributed by atoms with Crippen molar-refractivity contribution in [3.8, 4) is 11.5 Å². The molecule has 35 heavy (non-hydrogen) atoms. The molecule has 3 rings (SSSR count). The third-order valence-electron chi connectivity index (χ3n) is 5.66. The van der Waals surface area contributed by atoms with Crippen molar-refractivity contribution in [2.75, 3.05) is 26.9 Å². The third-order valence-corrected chi connectivity index (χ3v) is 5.66. The molecule has 0 aromatic heterocycles. The number of unbranched alkanes of at least 4 members (excludes halogenated alkanes) is 2. The average molecular weight is 482 g/mol. The Kier molecular flexibility index (Phi) is 9.03. The van der Waals surface area contributed by atoms with E-state index in [1.807, 2.05) is 0 Å². The van der Waals surface area contributed by atoms with E-state index in [2.05, 4.69) is 6.92 Å². The highest BCUT2D eigenvalue weighted by Gasteiger charge is 2.46. The number of aliphatic hydroxyl groups excluding tert-OH is 1. The highest BCUT2D eigenvalue weighted by Crippen LogP contribution is 2.40. The van der Waals surface area contributed by atoms with Crippen LogP contribution in [-0.4, -0.2) is 54.5 Å². The van der Waals surface area contributed by atoms with E-state index in [-0.39, 0.29) is 30.2 Å². The molecule has 8 heteroatoms. The maximum atomic E-state index is 13.0. The summed E-state index contributed by atoms with van der Waals surface area (Å²) in [6.07, 6.45) is 3.14. The molecule has 8 nitrogen and oxygen atoms in total. The maximum absolute atomic E-state index is 13.0. The standard InChI is InChI=1S/C27H31NO7/c1-4-5-6-15-34-21-12-10-19(11-13-21)25(30)23-24(28(14-16-33-3)27(32)26(23)31)20-8-7-9-22(17-20)35-18(2)29/h7-13,17,24,30H,4-6,14-16H2,1-3H3/b25-23-. The summed E-state index contributed by atoms with van der Waals surface area (Å²) in [4.78, 5) is 38.7. The van der Waals surface area contributed by atoms with Gasteiger partial charge in [0.1, 0.15) is 17.3 Å². The summed E-state index contributed by atoms with van der Waals surface area (Å²) in [5.74, 6) is -1.37. The van der Waals surface area contributed by atoms with Crippen molar-refractivity contribution in [3.05, 3.63) is 65.2 Å². The number of methoxy groups -OCH3 is 1. The van der Waals surface area contributed by atoms with Crippen molar-refractivity contribution >= 4 is 23.4 Å². The zero-order chi connectivity index (χ0) is 25.4. The Balaban J connectivity index is 1.99. The fraction of sp³-hybridized carbons (Fsp3) is 0.370. The van der Waals surface area contributed by atoms with Crippen LogP contribution in [0.5, 0.6) is 11.5 Å². The molecular formula is C27H31NO7. The van der Waals surface area contributed by atoms with Gasteiger partial charge >= 0.3 is 5.97 Å². The van der Waals surface area contributed by atoms with E-state index in [9.17, 15) is 19.5 Å². The van der Waals surface area contributed by atoms with Gasteiger partial charge in [-0.1, -0.05) is 31.9 Å². The predicted molar refractivity (Wildman–Crippen MR) is 130 cm³/mol. The van der Waals surface area contributed by atoms with Crippen LogP contribution in [0.4, 0.5) is 0 Å². The van der Waals surface area contributed by atoms with Gasteiger partial charge in [0, 0.05) is 26.1 Å². The Bertz CT molecular complexity index is 1090. The van der Waals surface area contributed by atoms with Crippen molar-refractivity contribution < 1.29 is 33.7 Å². The maximum Gasteiger partial charge on any atom is 0.308 e. The zero-order valence-corrected chi connectivity index (χ0v) is 20.3. The predicted octanol–water partition coefficient (Wildman–Crippen LogP) is 4.25. The summed E-state index contributed by atoms with van der Waals surface area (Å²) >= 11 is 0. The molecule has 0 bridgehead atoms. The summed E-state index contributed by atoms with van der Waals surface area (Å²) in [7, 11) is 1.50. The van der Waals surface area contributed by atoms with E-state index in [1.54, 1.807) is 48.5 Å². The molecule has 1 aliphatic rings. The van der Waals surface area contributed by atoms with Crippen molar-refractivity contribution in [2.24, 2.45) is 0 Å². The van der Waals surface area contributed by atoms with E-state index < -0.39 is 23.7 Å². The monoisotopic (exact) mass is 481 g/mol. The SMILES string of the molecule is CCCCCOc1ccc(/C(O)=C2/C(=O)C(=O)N(CCOC)C2c2cccc(OC(C)=O)c2)cc1. The van der Waals surface area contributed by atoms with E-state index in [0.29, 0.717) is 23.5 Å². The van der Waals surface area contributed by atoms with Crippen molar-refractivity contribution in [2.45, 2.75) is 39.2 Å². The molecule has 2 aromatic carbocycles. The first-order valence-electron chi connectivity index (χ1n) is 11.7. The van der Waals surface area contributed by atoms with Crippen LogP contribution in [0.2, 0.25) is 0 Å². The van der Waals surface area contributed by atoms with Gasteiger partial charge in [-0.3, -0.25) is 14.4 Å². The van der Waals surface area contributed by atoms with Crippen molar-refractivity contribution in [1.29, 1.82) is 0 Å². The van der Waals surface area contributed by atoms with Gasteiger partial charge in [0.25, 0.3) is 11.7 Å². The molecule has 0 radical (unpaired) electrons. The first-order valence-corrected chi connectivity index (χ1v) is 11.7. The number of hydrogen-bond donors (Lipinski definition) is 1. The van der Waals surface area contributed by atoms with Crippen LogP contribution in [0.25, 0.3) is 5.76 Å². The minimum atomic E-state index is -0.870. The largest absolute Gasteiger partial charge is 0.507 e. The van der Waals surface area contributed by atoms with Crippen molar-refractivity contribution in [1.82, 2.24) is 4.90 Å². The summed E-state index contributed by atoms with van der Waals surface area (Å²) in [5.41, 5.74) is 0.871. The number of amides is 1. The first-order chi connectivity index (χ1) is 16.9. The van der Waals surface area contributed by atoms with Crippen LogP contribution in [0, 0.1) is 0 Å². The Morgan fingerprint density at radius 2 is 1.77 bits per heavy atom. The van der Waals surface area contributed by atoms with Crippen LogP contribution >= 0.6 is 0 Å². The van der Waals surface area contributed by atoms with Crippen LogP contribution in [0.1, 0.15) is 50.3 Å². The van der Waals surface area contributed by atoms with E-state index in [0.717, 1.165) is 19.3 Å². The fourth-order valence-electron chi connectivity index (χ4n) is 3.97. The summed E-state index contributed by atoms with van der Waals surface area (Å²) in [6, 6.07) is 12.4. The average Bonchev–Trinajstić information content (AvgIpc) is 3.10. The quantitative estimate of drug-likeness (QED) is 0.128. The molecule has 1 aliphatic heterocycles. The van der Waals surface area contributed by atoms with Crippen LogP contribution in [0.15, 0.2) is 54.1 Å². The third kappa shape index (κ3) is 6.27. The number of rotatable bonds is 11. The molecule has 186 valence electrons. The van der Waals surface area contributed by atoms with Crippen LogP contribution in [0.3, 0.4) is 0 Å². The lowest BCUT2D eigenvalue weighted by Gasteiger charge is -2.25. The number of aliphatic hydroxyl groups is 1. The van der Waals surface area contributed by atoms with Gasteiger partial charge < -0.3 is 24.2 Å². The van der Waals surface area contributed by atoms with Gasteiger partial charge in [-0.05, 0) is 48.4 Å². The van der Waals surface area contributed by atoms with Crippen LogP contribution < -0.4 is 9.47 Å². The molecule has 0 aliphatic carbocycles. The second-order valence-corrected chi connectivity index (χ2v) is 8.23. The van der Waals surface area contributed by atoms with E-state index >= 15 is 0 Å². The molecule has 1 amide bonds. The highest BCUT2D eigenvalue weighted by atomic mass is 16.5. The van der Waals surface area contributed by atoms with Gasteiger partial charge in [0.2, 0.25) is 0 Å². The Labute approximate surface area is 205 Å². The van der Waals surface area contributed by atoms with Gasteiger partial charge in [-0.15, -0.1) is 0 Å². The molecule has 1 atom stereocenters. The lowest BCUT2D eigenvalue weighted by Crippen LogP contribution is -2.32. The number of likely N-dealkylation sites (tertiary alicyclic amines) is 1. The molecular weight excluding hydrogens is 450 g/mol. The fourth-order valence-corrected chi connectivity index (χ4v) is 3.97. The van der Waals surface area contributed by atoms with Gasteiger partial charge in [-0.2, -0.15) is 0 Å². The normalized spacial score (nSPS) is 17.0.